The Morgan fingerprint density at radius 3 is 2.88 bits per heavy atom. The van der Waals surface area contributed by atoms with Gasteiger partial charge in [-0.3, -0.25) is 4.79 Å². The molecule has 1 amide bonds. The molecule has 1 atom stereocenters. The molecule has 0 aliphatic heterocycles. The van der Waals surface area contributed by atoms with Gasteiger partial charge in [0, 0.05) is 24.5 Å². The maximum atomic E-state index is 11.7. The van der Waals surface area contributed by atoms with Gasteiger partial charge in [-0.25, -0.2) is 4.98 Å². The van der Waals surface area contributed by atoms with Crippen molar-refractivity contribution in [3.63, 3.8) is 0 Å². The molecule has 90 valence electrons. The minimum Gasteiger partial charge on any atom is -0.347 e. The first-order chi connectivity index (χ1) is 7.52. The molecule has 1 aromatic rings. The van der Waals surface area contributed by atoms with Gasteiger partial charge in [-0.1, -0.05) is 0 Å². The third kappa shape index (κ3) is 3.88. The highest BCUT2D eigenvalue weighted by Gasteiger charge is 2.13. The van der Waals surface area contributed by atoms with Crippen molar-refractivity contribution in [2.75, 3.05) is 20.6 Å². The lowest BCUT2D eigenvalue weighted by molar-refractivity contribution is 0.0930. The van der Waals surface area contributed by atoms with Crippen LogP contribution >= 0.6 is 11.3 Å². The number of carbonyl (C=O) groups excluding carboxylic acids is 1. The van der Waals surface area contributed by atoms with Crippen LogP contribution in [0.5, 0.6) is 0 Å². The fourth-order valence-corrected chi connectivity index (χ4v) is 2.05. The Bertz CT molecular complexity index is 350. The average Bonchev–Trinajstić information content (AvgIpc) is 2.64. The van der Waals surface area contributed by atoms with Crippen molar-refractivity contribution in [2.45, 2.75) is 19.5 Å². The first kappa shape index (κ1) is 13.1. The molecule has 0 saturated heterocycles. The van der Waals surface area contributed by atoms with E-state index in [1.807, 2.05) is 25.9 Å². The van der Waals surface area contributed by atoms with E-state index < -0.39 is 0 Å². The number of nitrogens with two attached hydrogens (primary N) is 1. The van der Waals surface area contributed by atoms with Crippen molar-refractivity contribution < 1.29 is 4.79 Å². The molecule has 6 heteroatoms. The Hall–Kier alpha value is -0.980. The Balaban J connectivity index is 2.51. The van der Waals surface area contributed by atoms with Gasteiger partial charge < -0.3 is 16.0 Å². The second kappa shape index (κ2) is 5.93. The van der Waals surface area contributed by atoms with Gasteiger partial charge in [0.25, 0.3) is 5.91 Å². The van der Waals surface area contributed by atoms with Crippen LogP contribution in [0, 0.1) is 0 Å². The molecule has 0 aliphatic carbocycles. The van der Waals surface area contributed by atoms with Crippen molar-refractivity contribution >= 4 is 17.2 Å². The van der Waals surface area contributed by atoms with Crippen LogP contribution < -0.4 is 11.1 Å². The zero-order valence-corrected chi connectivity index (χ0v) is 10.7. The molecular weight excluding hydrogens is 224 g/mol. The second-order valence-electron chi connectivity index (χ2n) is 3.97. The van der Waals surface area contributed by atoms with E-state index in [-0.39, 0.29) is 11.9 Å². The summed E-state index contributed by atoms with van der Waals surface area (Å²) in [6.07, 6.45) is 0. The number of nitrogens with one attached hydrogen (secondary N) is 1. The molecule has 0 aromatic carbocycles. The summed E-state index contributed by atoms with van der Waals surface area (Å²) in [6, 6.07) is 0.102. The van der Waals surface area contributed by atoms with Gasteiger partial charge >= 0.3 is 0 Å². The molecule has 0 radical (unpaired) electrons. The van der Waals surface area contributed by atoms with E-state index in [9.17, 15) is 4.79 Å². The Labute approximate surface area is 99.7 Å². The number of aromatic nitrogens is 1. The Morgan fingerprint density at radius 2 is 2.38 bits per heavy atom. The quantitative estimate of drug-likeness (QED) is 0.778. The summed E-state index contributed by atoms with van der Waals surface area (Å²) in [5, 5.41) is 5.41. The zero-order valence-electron chi connectivity index (χ0n) is 9.86. The van der Waals surface area contributed by atoms with E-state index in [0.29, 0.717) is 12.2 Å². The number of likely N-dealkylation sites (N-methyl/N-ethyl adjacent to an activating group) is 1. The standard InChI is InChI=1S/C10H18N4OS/c1-7(5-14(2)3)12-10(15)8-6-16-9(4-11)13-8/h6-7H,4-5,11H2,1-3H3,(H,12,15). The number of rotatable bonds is 5. The number of hydrogen-bond acceptors (Lipinski definition) is 5. The molecular formula is C10H18N4OS. The van der Waals surface area contributed by atoms with Gasteiger partial charge in [0.1, 0.15) is 10.7 Å². The van der Waals surface area contributed by atoms with Gasteiger partial charge in [0.2, 0.25) is 0 Å². The maximum Gasteiger partial charge on any atom is 0.271 e. The first-order valence-corrected chi connectivity index (χ1v) is 6.01. The lowest BCUT2D eigenvalue weighted by atomic mass is 10.3. The van der Waals surface area contributed by atoms with E-state index in [1.54, 1.807) is 5.38 Å². The molecule has 0 aliphatic rings. The third-order valence-corrected chi connectivity index (χ3v) is 2.85. The SMILES string of the molecule is CC(CN(C)C)NC(=O)c1csc(CN)n1. The zero-order chi connectivity index (χ0) is 12.1. The number of hydrogen-bond donors (Lipinski definition) is 2. The fraction of sp³-hybridized carbons (Fsp3) is 0.600. The molecule has 1 rings (SSSR count). The minimum absolute atomic E-state index is 0.102. The number of carbonyl (C=O) groups is 1. The highest BCUT2D eigenvalue weighted by Crippen LogP contribution is 2.08. The van der Waals surface area contributed by atoms with E-state index in [2.05, 4.69) is 10.3 Å². The highest BCUT2D eigenvalue weighted by molar-refractivity contribution is 7.09. The molecule has 3 N–H and O–H groups in total. The van der Waals surface area contributed by atoms with Crippen LogP contribution in [0.4, 0.5) is 0 Å². The topological polar surface area (TPSA) is 71.2 Å². The van der Waals surface area contributed by atoms with Gasteiger partial charge in [0.05, 0.1) is 0 Å². The molecule has 1 heterocycles. The Kier molecular flexibility index (Phi) is 4.85. The lowest BCUT2D eigenvalue weighted by Crippen LogP contribution is -2.39. The second-order valence-corrected chi connectivity index (χ2v) is 4.91. The highest BCUT2D eigenvalue weighted by atomic mass is 32.1. The molecule has 1 unspecified atom stereocenters. The monoisotopic (exact) mass is 242 g/mol. The minimum atomic E-state index is -0.134. The van der Waals surface area contributed by atoms with Gasteiger partial charge in [-0.15, -0.1) is 11.3 Å². The van der Waals surface area contributed by atoms with Gasteiger partial charge in [0.15, 0.2) is 0 Å². The van der Waals surface area contributed by atoms with E-state index >= 15 is 0 Å². The van der Waals surface area contributed by atoms with Crippen LogP contribution in [-0.2, 0) is 6.54 Å². The summed E-state index contributed by atoms with van der Waals surface area (Å²) in [5.41, 5.74) is 5.89. The van der Waals surface area contributed by atoms with Gasteiger partial charge in [-0.05, 0) is 21.0 Å². The van der Waals surface area contributed by atoms with Crippen LogP contribution in [0.15, 0.2) is 5.38 Å². The molecule has 1 aromatic heterocycles. The van der Waals surface area contributed by atoms with Crippen molar-refractivity contribution in [3.05, 3.63) is 16.1 Å². The average molecular weight is 242 g/mol. The molecule has 0 bridgehead atoms. The maximum absolute atomic E-state index is 11.7. The van der Waals surface area contributed by atoms with Crippen molar-refractivity contribution in [1.29, 1.82) is 0 Å². The normalized spacial score (nSPS) is 12.8. The fourth-order valence-electron chi connectivity index (χ4n) is 1.40. The summed E-state index contributed by atoms with van der Waals surface area (Å²) in [7, 11) is 3.94. The summed E-state index contributed by atoms with van der Waals surface area (Å²) in [5.74, 6) is -0.134. The van der Waals surface area contributed by atoms with E-state index in [1.165, 1.54) is 11.3 Å². The van der Waals surface area contributed by atoms with Crippen molar-refractivity contribution in [3.8, 4) is 0 Å². The summed E-state index contributed by atoms with van der Waals surface area (Å²) < 4.78 is 0. The smallest absolute Gasteiger partial charge is 0.271 e. The first-order valence-electron chi connectivity index (χ1n) is 5.13. The number of nitrogens with zero attached hydrogens (tertiary/aromatic N) is 2. The molecule has 16 heavy (non-hydrogen) atoms. The summed E-state index contributed by atoms with van der Waals surface area (Å²) >= 11 is 1.41. The summed E-state index contributed by atoms with van der Waals surface area (Å²) in [6.45, 7) is 3.15. The molecule has 0 saturated carbocycles. The van der Waals surface area contributed by atoms with Crippen LogP contribution in [-0.4, -0.2) is 42.5 Å². The van der Waals surface area contributed by atoms with Crippen LogP contribution in [0.2, 0.25) is 0 Å². The van der Waals surface area contributed by atoms with Crippen molar-refractivity contribution in [1.82, 2.24) is 15.2 Å². The number of amides is 1. The molecule has 5 nitrogen and oxygen atoms in total. The lowest BCUT2D eigenvalue weighted by Gasteiger charge is -2.17. The van der Waals surface area contributed by atoms with E-state index in [4.69, 9.17) is 5.73 Å². The summed E-state index contributed by atoms with van der Waals surface area (Å²) in [4.78, 5) is 17.9. The van der Waals surface area contributed by atoms with Crippen LogP contribution in [0.1, 0.15) is 22.4 Å². The molecule has 0 fully saturated rings. The molecule has 0 spiro atoms. The predicted molar refractivity (Wildman–Crippen MR) is 65.5 cm³/mol. The third-order valence-electron chi connectivity index (χ3n) is 1.98. The van der Waals surface area contributed by atoms with Gasteiger partial charge in [-0.2, -0.15) is 0 Å². The van der Waals surface area contributed by atoms with Crippen molar-refractivity contribution in [2.24, 2.45) is 5.73 Å². The predicted octanol–water partition coefficient (Wildman–Crippen LogP) is 0.282. The van der Waals surface area contributed by atoms with Crippen LogP contribution in [0.25, 0.3) is 0 Å². The number of thiazole rings is 1. The van der Waals surface area contributed by atoms with Crippen LogP contribution in [0.3, 0.4) is 0 Å². The Morgan fingerprint density at radius 1 is 1.69 bits per heavy atom. The largest absolute Gasteiger partial charge is 0.347 e. The van der Waals surface area contributed by atoms with E-state index in [0.717, 1.165) is 11.6 Å².